The zero-order chi connectivity index (χ0) is 22.9. The number of likely N-dealkylation sites (tertiary alicyclic amines) is 1. The standard InChI is InChI=1S/C23H21ClFN3O4/c1-10-7-13(24)8-15-18(10)26-22(32)23(15)17-16(19(27-23)11(2)29)20(30)28(21(17)31)9-12-3-5-14(25)6-4-12/h3-8,11,16-17,19,27,29H,9H2,1-2H3,(H,26,32)/t11-,16-,17-,19+,23+/m0/s1. The lowest BCUT2D eigenvalue weighted by Gasteiger charge is -2.30. The molecular weight excluding hydrogens is 437 g/mol. The van der Waals surface area contributed by atoms with E-state index in [9.17, 15) is 23.9 Å². The number of nitrogens with zero attached hydrogens (tertiary/aromatic N) is 1. The lowest BCUT2D eigenvalue weighted by Crippen LogP contribution is -2.54. The van der Waals surface area contributed by atoms with Gasteiger partial charge in [-0.25, -0.2) is 4.39 Å². The predicted octanol–water partition coefficient (Wildman–Crippen LogP) is 2.09. The Bertz CT molecular complexity index is 1170. The maximum absolute atomic E-state index is 13.6. The molecule has 166 valence electrons. The van der Waals surface area contributed by atoms with Crippen molar-refractivity contribution < 1.29 is 23.9 Å². The molecule has 0 aliphatic carbocycles. The largest absolute Gasteiger partial charge is 0.392 e. The summed E-state index contributed by atoms with van der Waals surface area (Å²) >= 11 is 6.28. The van der Waals surface area contributed by atoms with Crippen LogP contribution in [0.2, 0.25) is 5.02 Å². The molecule has 3 N–H and O–H groups in total. The maximum Gasteiger partial charge on any atom is 0.250 e. The molecule has 9 heteroatoms. The third-order valence-corrected chi connectivity index (χ3v) is 7.00. The number of aryl methyl sites for hydroxylation is 1. The van der Waals surface area contributed by atoms with Gasteiger partial charge in [0.2, 0.25) is 17.7 Å². The fraction of sp³-hybridized carbons (Fsp3) is 0.348. The molecule has 0 radical (unpaired) electrons. The third kappa shape index (κ3) is 2.76. The van der Waals surface area contributed by atoms with E-state index < -0.39 is 53.1 Å². The van der Waals surface area contributed by atoms with Gasteiger partial charge in [0, 0.05) is 22.3 Å². The number of aliphatic hydroxyl groups excluding tert-OH is 1. The molecule has 2 fully saturated rings. The van der Waals surface area contributed by atoms with Crippen LogP contribution in [0.15, 0.2) is 36.4 Å². The second-order valence-corrected chi connectivity index (χ2v) is 9.15. The first-order valence-corrected chi connectivity index (χ1v) is 10.7. The van der Waals surface area contributed by atoms with Gasteiger partial charge in [0.25, 0.3) is 0 Å². The van der Waals surface area contributed by atoms with Crippen molar-refractivity contribution >= 4 is 35.0 Å². The summed E-state index contributed by atoms with van der Waals surface area (Å²) in [5, 5.41) is 16.8. The Labute approximate surface area is 188 Å². The number of imide groups is 1. The van der Waals surface area contributed by atoms with Crippen LogP contribution in [0, 0.1) is 24.6 Å². The van der Waals surface area contributed by atoms with Crippen LogP contribution < -0.4 is 10.6 Å². The van der Waals surface area contributed by atoms with E-state index >= 15 is 0 Å². The minimum Gasteiger partial charge on any atom is -0.392 e. The molecule has 7 nitrogen and oxygen atoms in total. The van der Waals surface area contributed by atoms with E-state index in [2.05, 4.69) is 10.6 Å². The van der Waals surface area contributed by atoms with E-state index in [1.807, 2.05) is 0 Å². The van der Waals surface area contributed by atoms with Crippen LogP contribution in [0.1, 0.15) is 23.6 Å². The SMILES string of the molecule is Cc1cc(Cl)cc2c1NC(=O)[C@@]21N[C@H]([C@H](C)O)[C@H]2C(=O)N(Cc3ccc(F)cc3)C(=O)[C@H]21. The lowest BCUT2D eigenvalue weighted by molar-refractivity contribution is -0.143. The van der Waals surface area contributed by atoms with Gasteiger partial charge in [0.15, 0.2) is 0 Å². The highest BCUT2D eigenvalue weighted by Crippen LogP contribution is 2.54. The number of nitrogens with one attached hydrogen (secondary N) is 2. The van der Waals surface area contributed by atoms with E-state index in [0.29, 0.717) is 21.8 Å². The second-order valence-electron chi connectivity index (χ2n) is 8.71. The molecule has 2 saturated heterocycles. The molecule has 0 bridgehead atoms. The highest BCUT2D eigenvalue weighted by Gasteiger charge is 2.71. The highest BCUT2D eigenvalue weighted by atomic mass is 35.5. The topological polar surface area (TPSA) is 98.7 Å². The molecule has 2 aromatic carbocycles. The zero-order valence-corrected chi connectivity index (χ0v) is 18.1. The van der Waals surface area contributed by atoms with Crippen molar-refractivity contribution in [1.29, 1.82) is 0 Å². The van der Waals surface area contributed by atoms with Gasteiger partial charge in [-0.3, -0.25) is 24.6 Å². The summed E-state index contributed by atoms with van der Waals surface area (Å²) in [7, 11) is 0. The van der Waals surface area contributed by atoms with E-state index in [4.69, 9.17) is 11.6 Å². The Kier molecular flexibility index (Phi) is 4.67. The van der Waals surface area contributed by atoms with Crippen molar-refractivity contribution in [2.24, 2.45) is 11.8 Å². The number of fused-ring (bicyclic) bond motifs is 4. The van der Waals surface area contributed by atoms with Crippen molar-refractivity contribution in [3.05, 3.63) is 63.9 Å². The molecule has 0 saturated carbocycles. The summed E-state index contributed by atoms with van der Waals surface area (Å²) in [5.41, 5.74) is 0.835. The van der Waals surface area contributed by atoms with E-state index in [1.54, 1.807) is 19.1 Å². The van der Waals surface area contributed by atoms with Crippen molar-refractivity contribution in [3.63, 3.8) is 0 Å². The summed E-state index contributed by atoms with van der Waals surface area (Å²) in [6.07, 6.45) is -0.999. The van der Waals surface area contributed by atoms with Crippen molar-refractivity contribution in [2.75, 3.05) is 5.32 Å². The van der Waals surface area contributed by atoms with Gasteiger partial charge in [-0.2, -0.15) is 0 Å². The number of benzene rings is 2. The van der Waals surface area contributed by atoms with Crippen LogP contribution in [0.25, 0.3) is 0 Å². The van der Waals surface area contributed by atoms with Crippen LogP contribution in [0.3, 0.4) is 0 Å². The Morgan fingerprint density at radius 1 is 1.19 bits per heavy atom. The molecule has 0 aromatic heterocycles. The zero-order valence-electron chi connectivity index (χ0n) is 17.4. The first-order chi connectivity index (χ1) is 15.1. The molecule has 3 aliphatic heterocycles. The van der Waals surface area contributed by atoms with Crippen LogP contribution in [0.4, 0.5) is 10.1 Å². The fourth-order valence-corrected chi connectivity index (χ4v) is 5.64. The monoisotopic (exact) mass is 457 g/mol. The average molecular weight is 458 g/mol. The fourth-order valence-electron chi connectivity index (χ4n) is 5.37. The molecule has 3 aliphatic rings. The third-order valence-electron chi connectivity index (χ3n) is 6.79. The Balaban J connectivity index is 1.63. The molecule has 3 heterocycles. The number of anilines is 1. The number of hydrogen-bond donors (Lipinski definition) is 3. The highest BCUT2D eigenvalue weighted by molar-refractivity contribution is 6.31. The molecule has 32 heavy (non-hydrogen) atoms. The van der Waals surface area contributed by atoms with Crippen molar-refractivity contribution in [1.82, 2.24) is 10.2 Å². The molecule has 2 aromatic rings. The van der Waals surface area contributed by atoms with Crippen LogP contribution in [-0.2, 0) is 26.5 Å². The van der Waals surface area contributed by atoms with E-state index in [0.717, 1.165) is 10.5 Å². The smallest absolute Gasteiger partial charge is 0.250 e. The molecule has 1 spiro atoms. The molecular formula is C23H21ClFN3O4. The number of aliphatic hydroxyl groups is 1. The number of hydrogen-bond acceptors (Lipinski definition) is 5. The van der Waals surface area contributed by atoms with Gasteiger partial charge in [-0.05, 0) is 49.2 Å². The Morgan fingerprint density at radius 2 is 1.88 bits per heavy atom. The van der Waals surface area contributed by atoms with Gasteiger partial charge in [0.05, 0.1) is 24.5 Å². The number of rotatable bonds is 3. The van der Waals surface area contributed by atoms with Crippen LogP contribution >= 0.6 is 11.6 Å². The van der Waals surface area contributed by atoms with Gasteiger partial charge in [-0.1, -0.05) is 23.7 Å². The quantitative estimate of drug-likeness (QED) is 0.613. The second kappa shape index (κ2) is 7.10. The first-order valence-electron chi connectivity index (χ1n) is 10.3. The van der Waals surface area contributed by atoms with E-state index in [1.165, 1.54) is 31.2 Å². The predicted molar refractivity (Wildman–Crippen MR) is 114 cm³/mol. The van der Waals surface area contributed by atoms with Gasteiger partial charge >= 0.3 is 0 Å². The number of halogens is 2. The Hall–Kier alpha value is -2.81. The summed E-state index contributed by atoms with van der Waals surface area (Å²) in [6.45, 7) is 3.27. The van der Waals surface area contributed by atoms with Crippen molar-refractivity contribution in [2.45, 2.75) is 38.1 Å². The summed E-state index contributed by atoms with van der Waals surface area (Å²) in [4.78, 5) is 41.5. The number of carbonyl (C=O) groups is 3. The number of amides is 3. The van der Waals surface area contributed by atoms with Crippen LogP contribution in [0.5, 0.6) is 0 Å². The number of carbonyl (C=O) groups excluding carboxylic acids is 3. The molecule has 0 unspecified atom stereocenters. The molecule has 5 atom stereocenters. The minimum absolute atomic E-state index is 0.0450. The maximum atomic E-state index is 13.6. The summed E-state index contributed by atoms with van der Waals surface area (Å²) in [6, 6.07) is 8.04. The average Bonchev–Trinajstić information content (AvgIpc) is 3.32. The van der Waals surface area contributed by atoms with Crippen molar-refractivity contribution in [3.8, 4) is 0 Å². The van der Waals surface area contributed by atoms with Crippen LogP contribution in [-0.4, -0.2) is 39.9 Å². The molecule has 3 amide bonds. The van der Waals surface area contributed by atoms with Gasteiger partial charge in [-0.15, -0.1) is 0 Å². The minimum atomic E-state index is -1.53. The summed E-state index contributed by atoms with van der Waals surface area (Å²) in [5.74, 6) is -3.84. The van der Waals surface area contributed by atoms with Gasteiger partial charge in [0.1, 0.15) is 11.4 Å². The Morgan fingerprint density at radius 3 is 2.53 bits per heavy atom. The first kappa shape index (κ1) is 21.1. The summed E-state index contributed by atoms with van der Waals surface area (Å²) < 4.78 is 13.3. The van der Waals surface area contributed by atoms with Gasteiger partial charge < -0.3 is 10.4 Å². The van der Waals surface area contributed by atoms with E-state index in [-0.39, 0.29) is 6.54 Å². The normalized spacial score (nSPS) is 29.5. The molecule has 5 rings (SSSR count). The lowest BCUT2D eigenvalue weighted by atomic mass is 9.76.